The summed E-state index contributed by atoms with van der Waals surface area (Å²) in [6.07, 6.45) is 1.18. The highest BCUT2D eigenvalue weighted by Crippen LogP contribution is 2.19. The third-order valence-corrected chi connectivity index (χ3v) is 6.19. The van der Waals surface area contributed by atoms with Crippen molar-refractivity contribution < 1.29 is 24.0 Å². The van der Waals surface area contributed by atoms with Gasteiger partial charge in [0.15, 0.2) is 0 Å². The van der Waals surface area contributed by atoms with E-state index in [4.69, 9.17) is 5.73 Å². The molecule has 1 heterocycles. The Labute approximate surface area is 209 Å². The summed E-state index contributed by atoms with van der Waals surface area (Å²) in [4.78, 5) is 63.5. The van der Waals surface area contributed by atoms with Crippen LogP contribution in [0, 0.1) is 0 Å². The molecule has 1 aromatic carbocycles. The Morgan fingerprint density at radius 2 is 1.65 bits per heavy atom. The second-order valence-corrected chi connectivity index (χ2v) is 8.75. The van der Waals surface area contributed by atoms with Gasteiger partial charge in [0.25, 0.3) is 0 Å². The van der Waals surface area contributed by atoms with Crippen LogP contribution in [0.4, 0.5) is 0 Å². The molecule has 0 spiro atoms. The molecular formula is C22H31N5O5S2. The molecule has 0 aromatic heterocycles. The van der Waals surface area contributed by atoms with Crippen LogP contribution in [-0.4, -0.2) is 76.7 Å². The number of primary amides is 1. The van der Waals surface area contributed by atoms with Gasteiger partial charge in [0.2, 0.25) is 29.5 Å². The SMILES string of the molecule is CC(=O)N[C@@H](CS)C(=O)N1CCC[C@H]1C(=O)N[C@@H](Cc1ccccc1)C(=O)N[C@@H](CS)C(N)=O. The fraction of sp³-hybridized carbons (Fsp3) is 0.500. The molecule has 1 aliphatic heterocycles. The number of thiol groups is 2. The molecule has 0 bridgehead atoms. The number of amides is 5. The van der Waals surface area contributed by atoms with Crippen molar-refractivity contribution in [1.82, 2.24) is 20.9 Å². The predicted molar refractivity (Wildman–Crippen MR) is 133 cm³/mol. The number of nitrogens with one attached hydrogen (secondary N) is 3. The maximum absolute atomic E-state index is 13.2. The minimum absolute atomic E-state index is 0.00620. The Bertz CT molecular complexity index is 901. The summed E-state index contributed by atoms with van der Waals surface area (Å²) in [6.45, 7) is 1.65. The van der Waals surface area contributed by atoms with E-state index in [9.17, 15) is 24.0 Å². The minimum Gasteiger partial charge on any atom is -0.368 e. The van der Waals surface area contributed by atoms with Crippen molar-refractivity contribution in [3.05, 3.63) is 35.9 Å². The Morgan fingerprint density at radius 3 is 2.21 bits per heavy atom. The van der Waals surface area contributed by atoms with E-state index in [1.54, 1.807) is 0 Å². The lowest BCUT2D eigenvalue weighted by Crippen LogP contribution is -2.58. The van der Waals surface area contributed by atoms with E-state index in [1.165, 1.54) is 11.8 Å². The zero-order chi connectivity index (χ0) is 25.3. The van der Waals surface area contributed by atoms with Crippen molar-refractivity contribution in [2.45, 2.75) is 50.4 Å². The molecule has 0 radical (unpaired) electrons. The Kier molecular flexibility index (Phi) is 10.7. The summed E-state index contributed by atoms with van der Waals surface area (Å²) in [5.74, 6) is -2.51. The highest BCUT2D eigenvalue weighted by Gasteiger charge is 2.38. The van der Waals surface area contributed by atoms with E-state index >= 15 is 0 Å². The van der Waals surface area contributed by atoms with Crippen molar-refractivity contribution in [2.75, 3.05) is 18.1 Å². The molecule has 5 amide bonds. The zero-order valence-corrected chi connectivity index (χ0v) is 20.7. The Morgan fingerprint density at radius 1 is 1.00 bits per heavy atom. The van der Waals surface area contributed by atoms with E-state index in [1.807, 2.05) is 30.3 Å². The van der Waals surface area contributed by atoms with Crippen LogP contribution in [0.3, 0.4) is 0 Å². The minimum atomic E-state index is -1.01. The number of hydrogen-bond acceptors (Lipinski definition) is 7. The van der Waals surface area contributed by atoms with Crippen LogP contribution in [-0.2, 0) is 30.4 Å². The molecule has 0 aliphatic carbocycles. The molecule has 1 fully saturated rings. The van der Waals surface area contributed by atoms with Crippen molar-refractivity contribution in [3.63, 3.8) is 0 Å². The van der Waals surface area contributed by atoms with E-state index in [0.717, 1.165) is 5.56 Å². The van der Waals surface area contributed by atoms with Gasteiger partial charge >= 0.3 is 0 Å². The summed E-state index contributed by atoms with van der Waals surface area (Å²) in [7, 11) is 0. The quantitative estimate of drug-likeness (QED) is 0.212. The summed E-state index contributed by atoms with van der Waals surface area (Å²) >= 11 is 8.18. The first-order valence-electron chi connectivity index (χ1n) is 10.9. The molecule has 0 saturated carbocycles. The molecule has 186 valence electrons. The number of likely N-dealkylation sites (tertiary alicyclic amines) is 1. The van der Waals surface area contributed by atoms with Gasteiger partial charge in [0.05, 0.1) is 0 Å². The molecule has 0 unspecified atom stereocenters. The topological polar surface area (TPSA) is 151 Å². The average molecular weight is 510 g/mol. The molecule has 12 heteroatoms. The predicted octanol–water partition coefficient (Wildman–Crippen LogP) is -0.961. The molecule has 10 nitrogen and oxygen atoms in total. The summed E-state index contributed by atoms with van der Waals surface area (Å²) < 4.78 is 0. The Hall–Kier alpha value is -2.73. The van der Waals surface area contributed by atoms with Gasteiger partial charge in [0.1, 0.15) is 24.2 Å². The fourth-order valence-corrected chi connectivity index (χ4v) is 4.26. The van der Waals surface area contributed by atoms with Gasteiger partial charge < -0.3 is 26.6 Å². The van der Waals surface area contributed by atoms with Crippen LogP contribution >= 0.6 is 25.3 Å². The van der Waals surface area contributed by atoms with Gasteiger partial charge in [-0.3, -0.25) is 24.0 Å². The largest absolute Gasteiger partial charge is 0.368 e. The number of nitrogens with zero attached hydrogens (tertiary/aromatic N) is 1. The summed E-state index contributed by atoms with van der Waals surface area (Å²) in [6, 6.07) is 5.41. The lowest BCUT2D eigenvalue weighted by atomic mass is 10.0. The first kappa shape index (κ1) is 27.5. The number of nitrogens with two attached hydrogens (primary N) is 1. The summed E-state index contributed by atoms with van der Waals surface area (Å²) in [5.41, 5.74) is 6.10. The van der Waals surface area contributed by atoms with Crippen molar-refractivity contribution >= 4 is 54.8 Å². The number of carbonyl (C=O) groups is 5. The number of carbonyl (C=O) groups excluding carboxylic acids is 5. The fourth-order valence-electron chi connectivity index (χ4n) is 3.74. The molecule has 1 aromatic rings. The zero-order valence-electron chi connectivity index (χ0n) is 18.9. The second kappa shape index (κ2) is 13.2. The van der Waals surface area contributed by atoms with E-state index in [-0.39, 0.29) is 23.8 Å². The van der Waals surface area contributed by atoms with Gasteiger partial charge in [0, 0.05) is 31.4 Å². The number of benzene rings is 1. The van der Waals surface area contributed by atoms with Crippen LogP contribution in [0.1, 0.15) is 25.3 Å². The van der Waals surface area contributed by atoms with Gasteiger partial charge in [-0.25, -0.2) is 0 Å². The highest BCUT2D eigenvalue weighted by molar-refractivity contribution is 7.80. The second-order valence-electron chi connectivity index (χ2n) is 8.02. The molecule has 2 rings (SSSR count). The molecule has 4 atom stereocenters. The standard InChI is InChI=1S/C22H31N5O5S2/c1-13(28)24-17(12-34)22(32)27-9-5-8-18(27)21(31)25-15(10-14-6-3-2-4-7-14)20(30)26-16(11-33)19(23)29/h2-4,6-7,15-18,33-34H,5,8-12H2,1H3,(H2,23,29)(H,24,28)(H,25,31)(H,26,30)/t15-,16-,17-,18-/m0/s1. The van der Waals surface area contributed by atoms with Crippen molar-refractivity contribution in [3.8, 4) is 0 Å². The smallest absolute Gasteiger partial charge is 0.246 e. The van der Waals surface area contributed by atoms with Crippen LogP contribution in [0.15, 0.2) is 30.3 Å². The molecule has 1 aliphatic rings. The lowest BCUT2D eigenvalue weighted by Gasteiger charge is -2.29. The molecular weight excluding hydrogens is 478 g/mol. The summed E-state index contributed by atoms with van der Waals surface area (Å²) in [5, 5.41) is 7.80. The van der Waals surface area contributed by atoms with E-state index in [2.05, 4.69) is 41.2 Å². The average Bonchev–Trinajstić information content (AvgIpc) is 3.30. The van der Waals surface area contributed by atoms with Crippen LogP contribution in [0.5, 0.6) is 0 Å². The van der Waals surface area contributed by atoms with Crippen LogP contribution in [0.2, 0.25) is 0 Å². The Balaban J connectivity index is 2.19. The van der Waals surface area contributed by atoms with Gasteiger partial charge in [-0.05, 0) is 18.4 Å². The lowest BCUT2D eigenvalue weighted by molar-refractivity contribution is -0.141. The maximum atomic E-state index is 13.2. The van der Waals surface area contributed by atoms with Gasteiger partial charge in [-0.2, -0.15) is 25.3 Å². The molecule has 1 saturated heterocycles. The third kappa shape index (κ3) is 7.66. The van der Waals surface area contributed by atoms with E-state index in [0.29, 0.717) is 19.4 Å². The normalized spacial score (nSPS) is 17.9. The highest BCUT2D eigenvalue weighted by atomic mass is 32.1. The third-order valence-electron chi connectivity index (χ3n) is 5.45. The van der Waals surface area contributed by atoms with Crippen molar-refractivity contribution in [2.24, 2.45) is 5.73 Å². The maximum Gasteiger partial charge on any atom is 0.246 e. The molecule has 34 heavy (non-hydrogen) atoms. The van der Waals surface area contributed by atoms with Crippen LogP contribution in [0.25, 0.3) is 0 Å². The van der Waals surface area contributed by atoms with Crippen molar-refractivity contribution in [1.29, 1.82) is 0 Å². The number of hydrogen-bond donors (Lipinski definition) is 6. The van der Waals surface area contributed by atoms with E-state index < -0.39 is 47.8 Å². The number of rotatable bonds is 11. The van der Waals surface area contributed by atoms with Crippen LogP contribution < -0.4 is 21.7 Å². The molecule has 5 N–H and O–H groups in total. The van der Waals surface area contributed by atoms with Gasteiger partial charge in [-0.1, -0.05) is 30.3 Å². The first-order chi connectivity index (χ1) is 16.2. The monoisotopic (exact) mass is 509 g/mol. The first-order valence-corrected chi connectivity index (χ1v) is 12.2. The van der Waals surface area contributed by atoms with Gasteiger partial charge in [-0.15, -0.1) is 0 Å².